The van der Waals surface area contributed by atoms with Crippen LogP contribution >= 0.6 is 0 Å². The van der Waals surface area contributed by atoms with Crippen molar-refractivity contribution in [2.24, 2.45) is 5.92 Å². The first kappa shape index (κ1) is 17.5. The van der Waals surface area contributed by atoms with Crippen molar-refractivity contribution in [2.75, 3.05) is 0 Å². The number of alkyl halides is 3. The standard InChI is InChI=1S/C20H19F3O2/c21-20(22,23)14-11-9-13(10-12-14)15-5-1-2-6-16(15)17-7-3-4-8-18(17)19(24)25/h1-8,13-14H,9-12H2,(H,24,25). The number of aromatic carboxylic acids is 1. The minimum absolute atomic E-state index is 0.0247. The van der Waals surface area contributed by atoms with Gasteiger partial charge in [-0.15, -0.1) is 0 Å². The average molecular weight is 348 g/mol. The second kappa shape index (κ2) is 6.90. The van der Waals surface area contributed by atoms with E-state index in [9.17, 15) is 23.1 Å². The van der Waals surface area contributed by atoms with E-state index >= 15 is 0 Å². The van der Waals surface area contributed by atoms with Crippen molar-refractivity contribution >= 4 is 5.97 Å². The molecular formula is C20H19F3O2. The first-order valence-corrected chi connectivity index (χ1v) is 8.36. The second-order valence-corrected chi connectivity index (χ2v) is 6.53. The first-order valence-electron chi connectivity index (χ1n) is 8.36. The third kappa shape index (κ3) is 3.70. The molecule has 0 aromatic heterocycles. The highest BCUT2D eigenvalue weighted by Gasteiger charge is 2.41. The summed E-state index contributed by atoms with van der Waals surface area (Å²) in [6.07, 6.45) is -2.93. The monoisotopic (exact) mass is 348 g/mol. The summed E-state index contributed by atoms with van der Waals surface area (Å²) in [6.45, 7) is 0. The molecule has 0 aliphatic heterocycles. The molecule has 0 atom stereocenters. The Labute approximate surface area is 144 Å². The van der Waals surface area contributed by atoms with E-state index in [0.29, 0.717) is 18.4 Å². The largest absolute Gasteiger partial charge is 0.478 e. The maximum absolute atomic E-state index is 12.9. The van der Waals surface area contributed by atoms with E-state index in [1.807, 2.05) is 24.3 Å². The Bertz CT molecular complexity index is 760. The minimum Gasteiger partial charge on any atom is -0.478 e. The van der Waals surface area contributed by atoms with Crippen LogP contribution in [0.25, 0.3) is 11.1 Å². The van der Waals surface area contributed by atoms with Gasteiger partial charge in [-0.2, -0.15) is 13.2 Å². The van der Waals surface area contributed by atoms with Gasteiger partial charge in [-0.25, -0.2) is 4.79 Å². The molecule has 1 saturated carbocycles. The molecule has 0 saturated heterocycles. The summed E-state index contributed by atoms with van der Waals surface area (Å²) in [6, 6.07) is 14.2. The lowest BCUT2D eigenvalue weighted by Gasteiger charge is -2.31. The Morgan fingerprint density at radius 2 is 1.44 bits per heavy atom. The van der Waals surface area contributed by atoms with Crippen molar-refractivity contribution in [3.63, 3.8) is 0 Å². The Hall–Kier alpha value is -2.30. The van der Waals surface area contributed by atoms with Crippen molar-refractivity contribution in [1.29, 1.82) is 0 Å². The van der Waals surface area contributed by atoms with Gasteiger partial charge < -0.3 is 5.11 Å². The van der Waals surface area contributed by atoms with Gasteiger partial charge in [0.1, 0.15) is 0 Å². The summed E-state index contributed by atoms with van der Waals surface area (Å²) in [5.74, 6) is -2.20. The van der Waals surface area contributed by atoms with E-state index in [4.69, 9.17) is 0 Å². The highest BCUT2D eigenvalue weighted by molar-refractivity contribution is 5.96. The number of benzene rings is 2. The van der Waals surface area contributed by atoms with Crippen LogP contribution < -0.4 is 0 Å². The molecule has 0 bridgehead atoms. The molecule has 1 aliphatic rings. The van der Waals surface area contributed by atoms with E-state index in [1.165, 1.54) is 0 Å². The number of hydrogen-bond donors (Lipinski definition) is 1. The lowest BCUT2D eigenvalue weighted by atomic mass is 9.76. The van der Waals surface area contributed by atoms with E-state index in [1.54, 1.807) is 24.3 Å². The molecule has 132 valence electrons. The van der Waals surface area contributed by atoms with Gasteiger partial charge in [0.25, 0.3) is 0 Å². The third-order valence-electron chi connectivity index (χ3n) is 5.04. The Balaban J connectivity index is 1.92. The van der Waals surface area contributed by atoms with Gasteiger partial charge in [0.15, 0.2) is 0 Å². The predicted molar refractivity (Wildman–Crippen MR) is 89.6 cm³/mol. The fourth-order valence-corrected chi connectivity index (χ4v) is 3.73. The summed E-state index contributed by atoms with van der Waals surface area (Å²) in [7, 11) is 0. The van der Waals surface area contributed by atoms with Crippen LogP contribution in [0, 0.1) is 5.92 Å². The molecule has 0 radical (unpaired) electrons. The number of carbonyl (C=O) groups is 1. The van der Waals surface area contributed by atoms with Crippen LogP contribution in [-0.4, -0.2) is 17.3 Å². The zero-order valence-electron chi connectivity index (χ0n) is 13.6. The number of rotatable bonds is 3. The molecule has 2 nitrogen and oxygen atoms in total. The first-order chi connectivity index (χ1) is 11.9. The summed E-state index contributed by atoms with van der Waals surface area (Å²) in [4.78, 5) is 11.5. The second-order valence-electron chi connectivity index (χ2n) is 6.53. The summed E-state index contributed by atoms with van der Waals surface area (Å²) >= 11 is 0. The van der Waals surface area contributed by atoms with Crippen LogP contribution in [0.4, 0.5) is 13.2 Å². The zero-order chi connectivity index (χ0) is 18.0. The zero-order valence-corrected chi connectivity index (χ0v) is 13.6. The SMILES string of the molecule is O=C(O)c1ccccc1-c1ccccc1C1CCC(C(F)(F)F)CC1. The van der Waals surface area contributed by atoms with E-state index < -0.39 is 18.1 Å². The summed E-state index contributed by atoms with van der Waals surface area (Å²) in [5.41, 5.74) is 2.57. The minimum atomic E-state index is -4.12. The van der Waals surface area contributed by atoms with Crippen LogP contribution in [0.15, 0.2) is 48.5 Å². The van der Waals surface area contributed by atoms with Gasteiger partial charge in [0.2, 0.25) is 0 Å². The van der Waals surface area contributed by atoms with Crippen LogP contribution in [-0.2, 0) is 0 Å². The quantitative estimate of drug-likeness (QED) is 0.751. The topological polar surface area (TPSA) is 37.3 Å². The number of carboxylic acid groups (broad SMARTS) is 1. The van der Waals surface area contributed by atoms with E-state index in [-0.39, 0.29) is 24.3 Å². The maximum Gasteiger partial charge on any atom is 0.391 e. The third-order valence-corrected chi connectivity index (χ3v) is 5.04. The van der Waals surface area contributed by atoms with Gasteiger partial charge in [0.05, 0.1) is 11.5 Å². The Kier molecular flexibility index (Phi) is 4.84. The number of carboxylic acids is 1. The van der Waals surface area contributed by atoms with Crippen molar-refractivity contribution in [3.05, 3.63) is 59.7 Å². The molecule has 2 aromatic rings. The van der Waals surface area contributed by atoms with Crippen LogP contribution in [0.3, 0.4) is 0 Å². The van der Waals surface area contributed by atoms with Crippen molar-refractivity contribution in [3.8, 4) is 11.1 Å². The number of halogens is 3. The van der Waals surface area contributed by atoms with Gasteiger partial charge >= 0.3 is 12.1 Å². The molecule has 25 heavy (non-hydrogen) atoms. The highest BCUT2D eigenvalue weighted by atomic mass is 19.4. The van der Waals surface area contributed by atoms with Crippen LogP contribution in [0.5, 0.6) is 0 Å². The molecule has 1 N–H and O–H groups in total. The molecule has 1 aliphatic carbocycles. The van der Waals surface area contributed by atoms with E-state index in [2.05, 4.69) is 0 Å². The van der Waals surface area contributed by atoms with Gasteiger partial charge in [-0.1, -0.05) is 42.5 Å². The number of hydrogen-bond acceptors (Lipinski definition) is 1. The van der Waals surface area contributed by atoms with Crippen molar-refractivity contribution in [1.82, 2.24) is 0 Å². The molecule has 0 unspecified atom stereocenters. The Morgan fingerprint density at radius 1 is 0.880 bits per heavy atom. The van der Waals surface area contributed by atoms with Gasteiger partial charge in [0, 0.05) is 0 Å². The molecule has 5 heteroatoms. The Morgan fingerprint density at radius 3 is 2.04 bits per heavy atom. The lowest BCUT2D eigenvalue weighted by molar-refractivity contribution is -0.182. The fraction of sp³-hybridized carbons (Fsp3) is 0.350. The van der Waals surface area contributed by atoms with Gasteiger partial charge in [-0.05, 0) is 54.4 Å². The molecule has 0 spiro atoms. The van der Waals surface area contributed by atoms with Crippen LogP contribution in [0.2, 0.25) is 0 Å². The lowest BCUT2D eigenvalue weighted by Crippen LogP contribution is -2.27. The fourth-order valence-electron chi connectivity index (χ4n) is 3.73. The highest BCUT2D eigenvalue weighted by Crippen LogP contribution is 2.45. The van der Waals surface area contributed by atoms with E-state index in [0.717, 1.165) is 11.1 Å². The smallest absolute Gasteiger partial charge is 0.391 e. The summed E-state index contributed by atoms with van der Waals surface area (Å²) < 4.78 is 38.7. The van der Waals surface area contributed by atoms with Crippen molar-refractivity contribution < 1.29 is 23.1 Å². The molecule has 1 fully saturated rings. The normalized spacial score (nSPS) is 21.1. The maximum atomic E-state index is 12.9. The van der Waals surface area contributed by atoms with Gasteiger partial charge in [-0.3, -0.25) is 0 Å². The van der Waals surface area contributed by atoms with Crippen molar-refractivity contribution in [2.45, 2.75) is 37.8 Å². The molecule has 3 rings (SSSR count). The molecule has 2 aromatic carbocycles. The average Bonchev–Trinajstić information content (AvgIpc) is 2.61. The molecule has 0 amide bonds. The molecular weight excluding hydrogens is 329 g/mol. The van der Waals surface area contributed by atoms with Crippen LogP contribution in [0.1, 0.15) is 47.5 Å². The predicted octanol–water partition coefficient (Wildman–Crippen LogP) is 5.89. The molecule has 0 heterocycles. The summed E-state index contributed by atoms with van der Waals surface area (Å²) in [5, 5.41) is 9.43.